The van der Waals surface area contributed by atoms with Gasteiger partial charge in [0.1, 0.15) is 10.7 Å². The predicted molar refractivity (Wildman–Crippen MR) is 81.8 cm³/mol. The number of benzene rings is 1. The largest absolute Gasteiger partial charge is 0.389 e. The van der Waals surface area contributed by atoms with Crippen LogP contribution in [0.25, 0.3) is 0 Å². The van der Waals surface area contributed by atoms with Crippen molar-refractivity contribution in [2.24, 2.45) is 5.92 Å². The van der Waals surface area contributed by atoms with Crippen LogP contribution in [0.3, 0.4) is 0 Å². The molecule has 3 rings (SSSR count). The molecule has 2 unspecified atom stereocenters. The molecular formula is C15H19ClN2O3. The summed E-state index contributed by atoms with van der Waals surface area (Å²) in [5, 5.41) is 22.1. The summed E-state index contributed by atoms with van der Waals surface area (Å²) in [6, 6.07) is 5.04. The van der Waals surface area contributed by atoms with Crippen LogP contribution in [0.1, 0.15) is 32.1 Å². The lowest BCUT2D eigenvalue weighted by molar-refractivity contribution is -0.384. The first-order chi connectivity index (χ1) is 10.0. The number of rotatable bonds is 2. The van der Waals surface area contributed by atoms with E-state index in [1.807, 2.05) is 4.90 Å². The molecule has 0 bridgehead atoms. The first kappa shape index (κ1) is 14.6. The maximum Gasteiger partial charge on any atom is 0.310 e. The Bertz CT molecular complexity index is 566. The average Bonchev–Trinajstić information content (AvgIpc) is 2.45. The number of fused-ring (bicyclic) bond motifs is 1. The topological polar surface area (TPSA) is 66.6 Å². The van der Waals surface area contributed by atoms with Gasteiger partial charge in [0.05, 0.1) is 10.5 Å². The SMILES string of the molecule is O=[N+]([O-])c1c(Cl)cccc1N1CCC2(O)CCCCC2C1. The van der Waals surface area contributed by atoms with Gasteiger partial charge in [-0.25, -0.2) is 0 Å². The fourth-order valence-electron chi connectivity index (χ4n) is 3.73. The van der Waals surface area contributed by atoms with Crippen molar-refractivity contribution < 1.29 is 10.0 Å². The van der Waals surface area contributed by atoms with E-state index in [1.165, 1.54) is 0 Å². The van der Waals surface area contributed by atoms with Gasteiger partial charge in [-0.2, -0.15) is 0 Å². The van der Waals surface area contributed by atoms with E-state index >= 15 is 0 Å². The second-order valence-corrected chi connectivity index (χ2v) is 6.51. The fraction of sp³-hybridized carbons (Fsp3) is 0.600. The summed E-state index contributed by atoms with van der Waals surface area (Å²) in [5.41, 5.74) is -0.0391. The molecule has 1 heterocycles. The van der Waals surface area contributed by atoms with Crippen molar-refractivity contribution in [1.29, 1.82) is 0 Å². The molecule has 114 valence electrons. The third-order valence-electron chi connectivity index (χ3n) is 4.92. The zero-order chi connectivity index (χ0) is 15.0. The summed E-state index contributed by atoms with van der Waals surface area (Å²) in [7, 11) is 0. The van der Waals surface area contributed by atoms with Gasteiger partial charge in [0.25, 0.3) is 0 Å². The number of halogens is 1. The smallest absolute Gasteiger partial charge is 0.310 e. The number of hydrogen-bond donors (Lipinski definition) is 1. The molecule has 0 radical (unpaired) electrons. The van der Waals surface area contributed by atoms with Crippen molar-refractivity contribution in [2.75, 3.05) is 18.0 Å². The zero-order valence-corrected chi connectivity index (χ0v) is 12.6. The van der Waals surface area contributed by atoms with Gasteiger partial charge in [-0.05, 0) is 31.4 Å². The standard InChI is InChI=1S/C15H19ClN2O3/c16-12-5-3-6-13(14(12)18(20)21)17-9-8-15(19)7-2-1-4-11(15)10-17/h3,5-6,11,19H,1-2,4,7-10H2. The van der Waals surface area contributed by atoms with Crippen LogP contribution in [-0.2, 0) is 0 Å². The molecule has 0 amide bonds. The molecular weight excluding hydrogens is 292 g/mol. The van der Waals surface area contributed by atoms with E-state index in [-0.39, 0.29) is 16.6 Å². The van der Waals surface area contributed by atoms with Crippen molar-refractivity contribution >= 4 is 23.0 Å². The number of nitrogens with zero attached hydrogens (tertiary/aromatic N) is 2. The molecule has 2 fully saturated rings. The highest BCUT2D eigenvalue weighted by molar-refractivity contribution is 6.33. The molecule has 1 aromatic carbocycles. The fourth-order valence-corrected chi connectivity index (χ4v) is 3.97. The van der Waals surface area contributed by atoms with Crippen LogP contribution < -0.4 is 4.90 Å². The van der Waals surface area contributed by atoms with E-state index < -0.39 is 10.5 Å². The Morgan fingerprint density at radius 2 is 2.19 bits per heavy atom. The third kappa shape index (κ3) is 2.60. The Hall–Kier alpha value is -1.33. The molecule has 2 aliphatic rings. The zero-order valence-electron chi connectivity index (χ0n) is 11.8. The van der Waals surface area contributed by atoms with E-state index in [9.17, 15) is 15.2 Å². The van der Waals surface area contributed by atoms with E-state index in [0.717, 1.165) is 25.7 Å². The monoisotopic (exact) mass is 310 g/mol. The van der Waals surface area contributed by atoms with Gasteiger partial charge in [-0.15, -0.1) is 0 Å². The van der Waals surface area contributed by atoms with Gasteiger partial charge in [-0.3, -0.25) is 10.1 Å². The normalized spacial score (nSPS) is 29.0. The van der Waals surface area contributed by atoms with Crippen LogP contribution in [0.4, 0.5) is 11.4 Å². The number of hydrogen-bond acceptors (Lipinski definition) is 4. The van der Waals surface area contributed by atoms with Crippen LogP contribution >= 0.6 is 11.6 Å². The molecule has 2 atom stereocenters. The summed E-state index contributed by atoms with van der Waals surface area (Å²) in [5.74, 6) is 0.193. The molecule has 0 spiro atoms. The van der Waals surface area contributed by atoms with Crippen LogP contribution in [0.5, 0.6) is 0 Å². The number of para-hydroxylation sites is 1. The lowest BCUT2D eigenvalue weighted by Gasteiger charge is -2.48. The molecule has 1 aromatic rings. The van der Waals surface area contributed by atoms with Crippen molar-refractivity contribution in [2.45, 2.75) is 37.7 Å². The minimum absolute atomic E-state index is 0.0274. The molecule has 1 aliphatic heterocycles. The summed E-state index contributed by atoms with van der Waals surface area (Å²) in [6.45, 7) is 1.30. The summed E-state index contributed by atoms with van der Waals surface area (Å²) >= 11 is 5.99. The highest BCUT2D eigenvalue weighted by atomic mass is 35.5. The average molecular weight is 311 g/mol. The lowest BCUT2D eigenvalue weighted by Crippen LogP contribution is -2.53. The summed E-state index contributed by atoms with van der Waals surface area (Å²) < 4.78 is 0. The second-order valence-electron chi connectivity index (χ2n) is 6.11. The number of anilines is 1. The number of aliphatic hydroxyl groups is 1. The predicted octanol–water partition coefficient (Wildman–Crippen LogP) is 3.38. The van der Waals surface area contributed by atoms with Crippen molar-refractivity contribution in [1.82, 2.24) is 0 Å². The minimum Gasteiger partial charge on any atom is -0.389 e. The molecule has 0 aromatic heterocycles. The molecule has 1 aliphatic carbocycles. The van der Waals surface area contributed by atoms with E-state index in [2.05, 4.69) is 0 Å². The Labute approximate surface area is 128 Å². The highest BCUT2D eigenvalue weighted by Crippen LogP contribution is 2.43. The van der Waals surface area contributed by atoms with Gasteiger partial charge >= 0.3 is 5.69 Å². The van der Waals surface area contributed by atoms with E-state index in [4.69, 9.17) is 11.6 Å². The maximum atomic E-state index is 11.3. The third-order valence-corrected chi connectivity index (χ3v) is 5.22. The second kappa shape index (κ2) is 5.46. The first-order valence-corrected chi connectivity index (χ1v) is 7.79. The van der Waals surface area contributed by atoms with Gasteiger partial charge in [0, 0.05) is 19.0 Å². The van der Waals surface area contributed by atoms with Gasteiger partial charge in [-0.1, -0.05) is 30.5 Å². The Balaban J connectivity index is 1.89. The summed E-state index contributed by atoms with van der Waals surface area (Å²) in [4.78, 5) is 12.9. The Kier molecular flexibility index (Phi) is 3.80. The van der Waals surface area contributed by atoms with Crippen LogP contribution in [0.2, 0.25) is 5.02 Å². The molecule has 5 nitrogen and oxygen atoms in total. The number of nitro groups is 1. The van der Waals surface area contributed by atoms with Crippen LogP contribution in [0, 0.1) is 16.0 Å². The number of nitro benzene ring substituents is 1. The lowest BCUT2D eigenvalue weighted by atomic mass is 9.71. The Morgan fingerprint density at radius 3 is 2.95 bits per heavy atom. The Morgan fingerprint density at radius 1 is 1.38 bits per heavy atom. The van der Waals surface area contributed by atoms with Crippen molar-refractivity contribution in [3.63, 3.8) is 0 Å². The van der Waals surface area contributed by atoms with Crippen molar-refractivity contribution in [3.8, 4) is 0 Å². The van der Waals surface area contributed by atoms with Gasteiger partial charge in [0.2, 0.25) is 0 Å². The number of piperidine rings is 1. The highest BCUT2D eigenvalue weighted by Gasteiger charge is 2.43. The first-order valence-electron chi connectivity index (χ1n) is 7.41. The molecule has 1 N–H and O–H groups in total. The molecule has 1 saturated carbocycles. The van der Waals surface area contributed by atoms with Crippen LogP contribution in [-0.4, -0.2) is 28.7 Å². The van der Waals surface area contributed by atoms with Crippen molar-refractivity contribution in [3.05, 3.63) is 33.3 Å². The molecule has 6 heteroatoms. The molecule has 1 saturated heterocycles. The van der Waals surface area contributed by atoms with E-state index in [0.29, 0.717) is 25.2 Å². The summed E-state index contributed by atoms with van der Waals surface area (Å²) in [6.07, 6.45) is 4.70. The maximum absolute atomic E-state index is 11.3. The van der Waals surface area contributed by atoms with E-state index in [1.54, 1.807) is 18.2 Å². The van der Waals surface area contributed by atoms with Crippen LogP contribution in [0.15, 0.2) is 18.2 Å². The molecule has 21 heavy (non-hydrogen) atoms. The van der Waals surface area contributed by atoms with Gasteiger partial charge < -0.3 is 10.0 Å². The minimum atomic E-state index is -0.581. The quantitative estimate of drug-likeness (QED) is 0.671. The van der Waals surface area contributed by atoms with Gasteiger partial charge in [0.15, 0.2) is 0 Å².